The number of carbonyl (C=O) groups is 1. The first kappa shape index (κ1) is 20.1. The molecule has 3 N–H and O–H groups in total. The molecule has 0 radical (unpaired) electrons. The maximum absolute atomic E-state index is 11.6. The Morgan fingerprint density at radius 3 is 2.61 bits per heavy atom. The zero-order valence-electron chi connectivity index (χ0n) is 16.7. The summed E-state index contributed by atoms with van der Waals surface area (Å²) in [6, 6.07) is 16.3. The lowest BCUT2D eigenvalue weighted by Crippen LogP contribution is -2.15. The average Bonchev–Trinajstić information content (AvgIpc) is 3.24. The maximum atomic E-state index is 11.6. The van der Waals surface area contributed by atoms with Crippen LogP contribution in [0.1, 0.15) is 18.5 Å². The van der Waals surface area contributed by atoms with E-state index in [1.807, 2.05) is 30.3 Å². The van der Waals surface area contributed by atoms with Crippen LogP contribution in [0.2, 0.25) is 0 Å². The highest BCUT2D eigenvalue weighted by molar-refractivity contribution is 6.03. The second kappa shape index (κ2) is 9.07. The Morgan fingerprint density at radius 2 is 1.90 bits per heavy atom. The zero-order valence-corrected chi connectivity index (χ0v) is 16.7. The second-order valence-electron chi connectivity index (χ2n) is 6.59. The van der Waals surface area contributed by atoms with Crippen LogP contribution in [0.5, 0.6) is 0 Å². The number of aromatic nitrogens is 3. The molecular formula is C23H19N5O3. The maximum Gasteiger partial charge on any atom is 0.300 e. The lowest BCUT2D eigenvalue weighted by Gasteiger charge is -2.17. The number of benzene rings is 2. The highest BCUT2D eigenvalue weighted by Crippen LogP contribution is 2.29. The Kier molecular flexibility index (Phi) is 5.87. The van der Waals surface area contributed by atoms with Crippen molar-refractivity contribution < 1.29 is 14.3 Å². The van der Waals surface area contributed by atoms with Gasteiger partial charge in [0.15, 0.2) is 11.3 Å². The fourth-order valence-electron chi connectivity index (χ4n) is 3.04. The van der Waals surface area contributed by atoms with E-state index in [0.29, 0.717) is 34.2 Å². The number of anilines is 2. The van der Waals surface area contributed by atoms with Gasteiger partial charge in [-0.15, -0.1) is 0 Å². The Morgan fingerprint density at radius 1 is 1.13 bits per heavy atom. The quantitative estimate of drug-likeness (QED) is 0.415. The second-order valence-corrected chi connectivity index (χ2v) is 6.59. The first-order valence-electron chi connectivity index (χ1n) is 9.56. The molecule has 2 aromatic carbocycles. The summed E-state index contributed by atoms with van der Waals surface area (Å²) in [5.74, 6) is 5.43. The van der Waals surface area contributed by atoms with Crippen LogP contribution in [0.3, 0.4) is 0 Å². The van der Waals surface area contributed by atoms with Crippen LogP contribution in [-0.4, -0.2) is 32.6 Å². The summed E-state index contributed by atoms with van der Waals surface area (Å²) in [4.78, 5) is 24.6. The topological polar surface area (TPSA) is 113 Å². The SMILES string of the molecule is CC#CC(=O)Nc1ccc(-c2nc3c(NC(CO)c4ccccc4)ncnc3o2)cc1. The summed E-state index contributed by atoms with van der Waals surface area (Å²) in [5.41, 5.74) is 3.04. The van der Waals surface area contributed by atoms with E-state index < -0.39 is 0 Å². The smallest absolute Gasteiger partial charge is 0.300 e. The number of carbonyl (C=O) groups excluding carboxylic acids is 1. The van der Waals surface area contributed by atoms with E-state index >= 15 is 0 Å². The summed E-state index contributed by atoms with van der Waals surface area (Å²) in [6.07, 6.45) is 1.38. The van der Waals surface area contributed by atoms with Crippen LogP contribution in [0.15, 0.2) is 65.3 Å². The van der Waals surface area contributed by atoms with Gasteiger partial charge in [-0.25, -0.2) is 9.97 Å². The number of hydrogen-bond acceptors (Lipinski definition) is 7. The fraction of sp³-hybridized carbons (Fsp3) is 0.130. The van der Waals surface area contributed by atoms with Crippen LogP contribution < -0.4 is 10.6 Å². The lowest BCUT2D eigenvalue weighted by molar-refractivity contribution is -0.111. The van der Waals surface area contributed by atoms with Crippen molar-refractivity contribution in [2.24, 2.45) is 0 Å². The van der Waals surface area contributed by atoms with Gasteiger partial charge in [0.25, 0.3) is 11.6 Å². The van der Waals surface area contributed by atoms with Crippen molar-refractivity contribution in [3.8, 4) is 23.3 Å². The lowest BCUT2D eigenvalue weighted by atomic mass is 10.1. The molecule has 0 saturated heterocycles. The molecule has 154 valence electrons. The van der Waals surface area contributed by atoms with Crippen LogP contribution in [0.25, 0.3) is 22.7 Å². The van der Waals surface area contributed by atoms with Gasteiger partial charge in [0.2, 0.25) is 5.89 Å². The minimum Gasteiger partial charge on any atom is -0.417 e. The molecule has 0 saturated carbocycles. The molecule has 0 bridgehead atoms. The van der Waals surface area contributed by atoms with Crippen LogP contribution in [0.4, 0.5) is 11.5 Å². The van der Waals surface area contributed by atoms with Crippen molar-refractivity contribution in [2.75, 3.05) is 17.2 Å². The van der Waals surface area contributed by atoms with Crippen molar-refractivity contribution in [3.63, 3.8) is 0 Å². The number of amides is 1. The van der Waals surface area contributed by atoms with Gasteiger partial charge in [-0.2, -0.15) is 4.98 Å². The first-order valence-corrected chi connectivity index (χ1v) is 9.56. The minimum absolute atomic E-state index is 0.115. The molecule has 8 heteroatoms. The normalized spacial score (nSPS) is 11.4. The molecule has 1 unspecified atom stereocenters. The Balaban J connectivity index is 1.60. The van der Waals surface area contributed by atoms with Crippen molar-refractivity contribution in [3.05, 3.63) is 66.5 Å². The number of nitrogens with one attached hydrogen (secondary N) is 2. The number of oxazole rings is 1. The van der Waals surface area contributed by atoms with Gasteiger partial charge in [-0.3, -0.25) is 4.79 Å². The monoisotopic (exact) mass is 413 g/mol. The average molecular weight is 413 g/mol. The summed E-state index contributed by atoms with van der Waals surface area (Å²) < 4.78 is 5.80. The van der Waals surface area contributed by atoms with E-state index in [1.54, 1.807) is 31.2 Å². The van der Waals surface area contributed by atoms with Gasteiger partial charge in [-0.05, 0) is 42.7 Å². The molecule has 0 aliphatic heterocycles. The minimum atomic E-state index is -0.375. The summed E-state index contributed by atoms with van der Waals surface area (Å²) in [5, 5.41) is 15.7. The third-order valence-corrected chi connectivity index (χ3v) is 4.52. The molecule has 31 heavy (non-hydrogen) atoms. The van der Waals surface area contributed by atoms with Crippen molar-refractivity contribution in [1.82, 2.24) is 15.0 Å². The van der Waals surface area contributed by atoms with Crippen molar-refractivity contribution in [2.45, 2.75) is 13.0 Å². The number of aliphatic hydroxyl groups is 1. The third kappa shape index (κ3) is 4.52. The van der Waals surface area contributed by atoms with Gasteiger partial charge in [0, 0.05) is 11.3 Å². The van der Waals surface area contributed by atoms with Crippen LogP contribution in [-0.2, 0) is 4.79 Å². The molecule has 2 aromatic heterocycles. The summed E-state index contributed by atoms with van der Waals surface area (Å²) in [6.45, 7) is 1.49. The predicted octanol–water partition coefficient (Wildman–Crippen LogP) is 3.39. The van der Waals surface area contributed by atoms with Crippen LogP contribution in [0, 0.1) is 11.8 Å². The molecule has 1 atom stereocenters. The molecular weight excluding hydrogens is 394 g/mol. The van der Waals surface area contributed by atoms with Gasteiger partial charge in [0.1, 0.15) is 6.33 Å². The highest BCUT2D eigenvalue weighted by atomic mass is 16.4. The molecule has 1 amide bonds. The predicted molar refractivity (Wildman–Crippen MR) is 117 cm³/mol. The first-order chi connectivity index (χ1) is 15.2. The largest absolute Gasteiger partial charge is 0.417 e. The van der Waals surface area contributed by atoms with Gasteiger partial charge in [-0.1, -0.05) is 36.3 Å². The molecule has 0 aliphatic rings. The Labute approximate surface area is 178 Å². The Bertz CT molecular complexity index is 1260. The molecule has 0 fully saturated rings. The number of rotatable bonds is 6. The third-order valence-electron chi connectivity index (χ3n) is 4.52. The van der Waals surface area contributed by atoms with Gasteiger partial charge >= 0.3 is 0 Å². The number of aliphatic hydroxyl groups excluding tert-OH is 1. The molecule has 4 aromatic rings. The number of fused-ring (bicyclic) bond motifs is 1. The van der Waals surface area contributed by atoms with Gasteiger partial charge < -0.3 is 20.2 Å². The fourth-order valence-corrected chi connectivity index (χ4v) is 3.04. The van der Waals surface area contributed by atoms with Gasteiger partial charge in [0.05, 0.1) is 12.6 Å². The number of nitrogens with zero attached hydrogens (tertiary/aromatic N) is 3. The van der Waals surface area contributed by atoms with E-state index in [2.05, 4.69) is 37.4 Å². The molecule has 0 aliphatic carbocycles. The van der Waals surface area contributed by atoms with Crippen LogP contribution >= 0.6 is 0 Å². The van der Waals surface area contributed by atoms with E-state index in [9.17, 15) is 9.90 Å². The van der Waals surface area contributed by atoms with E-state index in [4.69, 9.17) is 4.42 Å². The molecule has 4 rings (SSSR count). The molecule has 2 heterocycles. The summed E-state index contributed by atoms with van der Waals surface area (Å²) in [7, 11) is 0. The molecule has 0 spiro atoms. The van der Waals surface area contributed by atoms with E-state index in [0.717, 1.165) is 5.56 Å². The summed E-state index contributed by atoms with van der Waals surface area (Å²) >= 11 is 0. The van der Waals surface area contributed by atoms with E-state index in [1.165, 1.54) is 6.33 Å². The number of hydrogen-bond donors (Lipinski definition) is 3. The molecule has 8 nitrogen and oxygen atoms in total. The zero-order chi connectivity index (χ0) is 21.6. The highest BCUT2D eigenvalue weighted by Gasteiger charge is 2.17. The van der Waals surface area contributed by atoms with Crippen molar-refractivity contribution >= 4 is 28.6 Å². The van der Waals surface area contributed by atoms with E-state index in [-0.39, 0.29) is 18.6 Å². The van der Waals surface area contributed by atoms with Crippen molar-refractivity contribution in [1.29, 1.82) is 0 Å². The Hall–Kier alpha value is -4.22. The standard InChI is InChI=1S/C23H19N5O3/c1-2-6-19(30)26-17-11-9-16(10-12-17)22-28-20-21(24-14-25-23(20)31-22)27-18(13-29)15-7-4-3-5-8-15/h3-5,7-12,14,18,29H,13H2,1H3,(H,26,30)(H,24,25,27).